The third-order valence-electron chi connectivity index (χ3n) is 3.83. The Morgan fingerprint density at radius 1 is 0.966 bits per heavy atom. The molecule has 0 aromatic heterocycles. The zero-order valence-corrected chi connectivity index (χ0v) is 15.5. The number of nitrogens with one attached hydrogen (secondary N) is 1. The van der Waals surface area contributed by atoms with Crippen LogP contribution in [0.3, 0.4) is 0 Å². The monoisotopic (exact) mass is 394 g/mol. The summed E-state index contributed by atoms with van der Waals surface area (Å²) in [5.74, 6) is 1.33. The van der Waals surface area contributed by atoms with Crippen LogP contribution in [0.25, 0.3) is 0 Å². The average molecular weight is 394 g/mol. The van der Waals surface area contributed by atoms with Gasteiger partial charge in [0.2, 0.25) is 0 Å². The summed E-state index contributed by atoms with van der Waals surface area (Å²) in [6.45, 7) is -0.334. The molecular formula is C21H18N2O6. The molecule has 1 N–H and O–H groups in total. The Bertz CT molecular complexity index is 990. The second-order valence-corrected chi connectivity index (χ2v) is 5.87. The predicted octanol–water partition coefficient (Wildman–Crippen LogP) is 4.41. The highest BCUT2D eigenvalue weighted by Crippen LogP contribution is 2.31. The maximum atomic E-state index is 12.1. The van der Waals surface area contributed by atoms with Gasteiger partial charge in [0, 0.05) is 11.8 Å². The fourth-order valence-corrected chi connectivity index (χ4v) is 2.46. The molecule has 0 heterocycles. The predicted molar refractivity (Wildman–Crippen MR) is 107 cm³/mol. The van der Waals surface area contributed by atoms with Crippen molar-refractivity contribution in [2.75, 3.05) is 19.0 Å². The molecular weight excluding hydrogens is 376 g/mol. The number of methoxy groups -OCH3 is 1. The van der Waals surface area contributed by atoms with Crippen LogP contribution < -0.4 is 19.5 Å². The number of ether oxygens (including phenoxy) is 3. The molecule has 148 valence electrons. The van der Waals surface area contributed by atoms with E-state index >= 15 is 0 Å². The van der Waals surface area contributed by atoms with Crippen molar-refractivity contribution < 1.29 is 23.9 Å². The Labute approximate surface area is 166 Å². The number of hydrogen-bond donors (Lipinski definition) is 1. The van der Waals surface area contributed by atoms with Gasteiger partial charge in [-0.1, -0.05) is 18.2 Å². The van der Waals surface area contributed by atoms with Crippen LogP contribution >= 0.6 is 0 Å². The number of hydrogen-bond acceptors (Lipinski definition) is 6. The summed E-state index contributed by atoms with van der Waals surface area (Å²) in [5.41, 5.74) is 0.403. The van der Waals surface area contributed by atoms with E-state index < -0.39 is 10.8 Å². The molecule has 3 rings (SSSR count). The first-order valence-electron chi connectivity index (χ1n) is 8.63. The van der Waals surface area contributed by atoms with Crippen molar-refractivity contribution in [3.63, 3.8) is 0 Å². The number of nitro benzene ring substituents is 1. The van der Waals surface area contributed by atoms with Gasteiger partial charge in [0.05, 0.1) is 18.1 Å². The van der Waals surface area contributed by atoms with Gasteiger partial charge in [-0.2, -0.15) is 0 Å². The quantitative estimate of drug-likeness (QED) is 0.449. The minimum Gasteiger partial charge on any atom is -0.493 e. The zero-order chi connectivity index (χ0) is 20.6. The lowest BCUT2D eigenvalue weighted by Gasteiger charge is -2.11. The Hall–Kier alpha value is -4.07. The zero-order valence-electron chi connectivity index (χ0n) is 15.5. The first-order chi connectivity index (χ1) is 14.0. The van der Waals surface area contributed by atoms with Crippen molar-refractivity contribution in [2.45, 2.75) is 0 Å². The summed E-state index contributed by atoms with van der Waals surface area (Å²) in [7, 11) is 1.41. The molecule has 8 nitrogen and oxygen atoms in total. The molecule has 3 aromatic carbocycles. The molecule has 1 amide bonds. The van der Waals surface area contributed by atoms with E-state index in [2.05, 4.69) is 5.32 Å². The maximum Gasteiger partial charge on any atom is 0.273 e. The molecule has 0 spiro atoms. The van der Waals surface area contributed by atoms with E-state index in [1.54, 1.807) is 24.3 Å². The second-order valence-electron chi connectivity index (χ2n) is 5.87. The summed E-state index contributed by atoms with van der Waals surface area (Å²) in [6, 6.07) is 20.1. The Morgan fingerprint density at radius 2 is 1.66 bits per heavy atom. The van der Waals surface area contributed by atoms with Gasteiger partial charge in [0.1, 0.15) is 11.5 Å². The van der Waals surface area contributed by atoms with E-state index in [1.807, 2.05) is 30.3 Å². The van der Waals surface area contributed by atoms with E-state index in [9.17, 15) is 14.9 Å². The number of non-ortho nitro benzene ring substituents is 1. The van der Waals surface area contributed by atoms with Crippen LogP contribution in [-0.4, -0.2) is 24.5 Å². The van der Waals surface area contributed by atoms with E-state index in [0.717, 1.165) is 0 Å². The number of carbonyl (C=O) groups excluding carboxylic acids is 1. The lowest BCUT2D eigenvalue weighted by atomic mass is 10.3. The third-order valence-corrected chi connectivity index (χ3v) is 3.83. The molecule has 0 saturated heterocycles. The van der Waals surface area contributed by atoms with Gasteiger partial charge in [-0.05, 0) is 42.5 Å². The number of para-hydroxylation sites is 1. The van der Waals surface area contributed by atoms with Gasteiger partial charge in [-0.3, -0.25) is 14.9 Å². The molecule has 0 saturated carbocycles. The smallest absolute Gasteiger partial charge is 0.273 e. The molecule has 3 aromatic rings. The summed E-state index contributed by atoms with van der Waals surface area (Å²) >= 11 is 0. The molecule has 0 aliphatic carbocycles. The van der Waals surface area contributed by atoms with Gasteiger partial charge in [-0.15, -0.1) is 0 Å². The number of amides is 1. The first kappa shape index (κ1) is 19.7. The van der Waals surface area contributed by atoms with Crippen LogP contribution in [-0.2, 0) is 4.79 Å². The molecule has 0 bridgehead atoms. The highest BCUT2D eigenvalue weighted by molar-refractivity contribution is 5.92. The normalized spacial score (nSPS) is 10.1. The highest BCUT2D eigenvalue weighted by atomic mass is 16.6. The fraction of sp³-hybridized carbons (Fsp3) is 0.0952. The SMILES string of the molecule is COc1ccc([N+](=O)[O-])cc1OCC(=O)Nc1ccc(Oc2ccccc2)cc1. The van der Waals surface area contributed by atoms with E-state index in [0.29, 0.717) is 22.9 Å². The number of benzene rings is 3. The average Bonchev–Trinajstić information content (AvgIpc) is 2.74. The number of nitrogens with zero attached hydrogens (tertiary/aromatic N) is 1. The number of rotatable bonds is 8. The molecule has 0 aliphatic heterocycles. The Morgan fingerprint density at radius 3 is 2.31 bits per heavy atom. The van der Waals surface area contributed by atoms with Crippen molar-refractivity contribution in [1.82, 2.24) is 0 Å². The second kappa shape index (κ2) is 9.23. The van der Waals surface area contributed by atoms with Crippen LogP contribution in [0.2, 0.25) is 0 Å². The number of carbonyl (C=O) groups is 1. The van der Waals surface area contributed by atoms with E-state index in [-0.39, 0.29) is 18.0 Å². The summed E-state index contributed by atoms with van der Waals surface area (Å²) < 4.78 is 16.2. The lowest BCUT2D eigenvalue weighted by molar-refractivity contribution is -0.385. The van der Waals surface area contributed by atoms with E-state index in [4.69, 9.17) is 14.2 Å². The topological polar surface area (TPSA) is 99.9 Å². The molecule has 0 atom stereocenters. The minimum absolute atomic E-state index is 0.114. The van der Waals surface area contributed by atoms with Crippen LogP contribution in [0.4, 0.5) is 11.4 Å². The van der Waals surface area contributed by atoms with Gasteiger partial charge >= 0.3 is 0 Å². The standard InChI is InChI=1S/C21H18N2O6/c1-27-19-12-9-16(23(25)26)13-20(19)28-14-21(24)22-15-7-10-18(11-8-15)29-17-5-3-2-4-6-17/h2-13H,14H2,1H3,(H,22,24). The van der Waals surface area contributed by atoms with Gasteiger partial charge in [0.25, 0.3) is 11.6 Å². The molecule has 0 radical (unpaired) electrons. The molecule has 29 heavy (non-hydrogen) atoms. The van der Waals surface area contributed by atoms with Gasteiger partial charge in [0.15, 0.2) is 18.1 Å². The van der Waals surface area contributed by atoms with Crippen LogP contribution in [0.15, 0.2) is 72.8 Å². The summed E-state index contributed by atoms with van der Waals surface area (Å²) in [5, 5.41) is 13.6. The highest BCUT2D eigenvalue weighted by Gasteiger charge is 2.14. The van der Waals surface area contributed by atoms with Crippen molar-refractivity contribution in [3.05, 3.63) is 82.9 Å². The van der Waals surface area contributed by atoms with E-state index in [1.165, 1.54) is 25.3 Å². The Kier molecular flexibility index (Phi) is 6.26. The third kappa shape index (κ3) is 5.46. The number of nitro groups is 1. The summed E-state index contributed by atoms with van der Waals surface area (Å²) in [4.78, 5) is 22.5. The molecule has 0 fully saturated rings. The molecule has 0 aliphatic rings. The minimum atomic E-state index is -0.550. The van der Waals surface area contributed by atoms with Crippen molar-refractivity contribution in [2.24, 2.45) is 0 Å². The van der Waals surface area contributed by atoms with Gasteiger partial charge < -0.3 is 19.5 Å². The molecule has 8 heteroatoms. The lowest BCUT2D eigenvalue weighted by Crippen LogP contribution is -2.20. The van der Waals surface area contributed by atoms with Crippen LogP contribution in [0.1, 0.15) is 0 Å². The van der Waals surface area contributed by atoms with Crippen LogP contribution in [0, 0.1) is 10.1 Å². The Balaban J connectivity index is 1.57. The van der Waals surface area contributed by atoms with Crippen molar-refractivity contribution in [1.29, 1.82) is 0 Å². The van der Waals surface area contributed by atoms with Crippen molar-refractivity contribution in [3.8, 4) is 23.0 Å². The summed E-state index contributed by atoms with van der Waals surface area (Å²) in [6.07, 6.45) is 0. The molecule has 0 unspecified atom stereocenters. The van der Waals surface area contributed by atoms with Crippen molar-refractivity contribution >= 4 is 17.3 Å². The largest absolute Gasteiger partial charge is 0.493 e. The van der Waals surface area contributed by atoms with Crippen LogP contribution in [0.5, 0.6) is 23.0 Å². The fourth-order valence-electron chi connectivity index (χ4n) is 2.46. The number of anilines is 1. The maximum absolute atomic E-state index is 12.1. The first-order valence-corrected chi connectivity index (χ1v) is 8.63. The van der Waals surface area contributed by atoms with Gasteiger partial charge in [-0.25, -0.2) is 0 Å².